The monoisotopic (exact) mass is 305 g/mol. The number of rotatable bonds is 6. The third-order valence-electron chi connectivity index (χ3n) is 2.00. The van der Waals surface area contributed by atoms with E-state index in [1.165, 1.54) is 18.3 Å². The van der Waals surface area contributed by atoms with Gasteiger partial charge < -0.3 is 14.6 Å². The van der Waals surface area contributed by atoms with Crippen molar-refractivity contribution in [3.8, 4) is 0 Å². The molecule has 0 fully saturated rings. The number of hydrogen-bond donors (Lipinski definition) is 2. The van der Waals surface area contributed by atoms with Gasteiger partial charge in [0, 0.05) is 13.1 Å². The summed E-state index contributed by atoms with van der Waals surface area (Å²) in [5.74, 6) is -0.197. The van der Waals surface area contributed by atoms with E-state index >= 15 is 0 Å². The smallest absolute Gasteiger partial charge is 0.400 e. The van der Waals surface area contributed by atoms with Gasteiger partial charge in [-0.15, -0.1) is 12.4 Å². The van der Waals surface area contributed by atoms with Crippen molar-refractivity contribution in [2.45, 2.75) is 0 Å². The highest BCUT2D eigenvalue weighted by Gasteiger charge is 2.10. The molecule has 10 heteroatoms. The van der Waals surface area contributed by atoms with Crippen LogP contribution < -0.4 is 10.7 Å². The van der Waals surface area contributed by atoms with E-state index in [0.717, 1.165) is 0 Å². The maximum Gasteiger partial charge on any atom is 0.433 e. The van der Waals surface area contributed by atoms with Gasteiger partial charge in [-0.05, 0) is 20.2 Å². The largest absolute Gasteiger partial charge is 0.433 e. The molecule has 0 aliphatic heterocycles. The fraction of sp³-hybridized carbons (Fsp3) is 0.400. The third-order valence-corrected chi connectivity index (χ3v) is 2.00. The van der Waals surface area contributed by atoms with Gasteiger partial charge in [0.2, 0.25) is 0 Å². The summed E-state index contributed by atoms with van der Waals surface area (Å²) >= 11 is 0. The zero-order valence-corrected chi connectivity index (χ0v) is 11.8. The second-order valence-corrected chi connectivity index (χ2v) is 3.86. The number of furan rings is 1. The number of nitrogens with zero attached hydrogens (tertiary/aromatic N) is 3. The molecule has 112 valence electrons. The molecule has 0 radical (unpaired) electrons. The van der Waals surface area contributed by atoms with Gasteiger partial charge >= 0.3 is 11.9 Å². The predicted molar refractivity (Wildman–Crippen MR) is 75.3 cm³/mol. The van der Waals surface area contributed by atoms with Crippen LogP contribution in [0, 0.1) is 10.1 Å². The van der Waals surface area contributed by atoms with E-state index in [4.69, 9.17) is 4.42 Å². The number of carbonyl (C=O) groups excluding carboxylic acids is 1. The lowest BCUT2D eigenvalue weighted by Gasteiger charge is -2.09. The van der Waals surface area contributed by atoms with Crippen LogP contribution in [0.15, 0.2) is 21.7 Å². The molecule has 0 saturated carbocycles. The number of hydrazone groups is 1. The van der Waals surface area contributed by atoms with Gasteiger partial charge in [0.15, 0.2) is 5.76 Å². The van der Waals surface area contributed by atoms with Crippen molar-refractivity contribution in [1.82, 2.24) is 15.6 Å². The fourth-order valence-electron chi connectivity index (χ4n) is 1.10. The lowest BCUT2D eigenvalue weighted by molar-refractivity contribution is -0.402. The Kier molecular flexibility index (Phi) is 7.94. The van der Waals surface area contributed by atoms with Crippen molar-refractivity contribution in [2.24, 2.45) is 5.10 Å². The van der Waals surface area contributed by atoms with Gasteiger partial charge in [-0.25, -0.2) is 10.2 Å². The minimum Gasteiger partial charge on any atom is -0.400 e. The first-order chi connectivity index (χ1) is 8.99. The molecule has 0 aromatic carbocycles. The molecule has 1 heterocycles. The Hall–Kier alpha value is -2.13. The number of amides is 2. The molecule has 20 heavy (non-hydrogen) atoms. The Morgan fingerprint density at radius 1 is 1.55 bits per heavy atom. The summed E-state index contributed by atoms with van der Waals surface area (Å²) in [4.78, 5) is 22.9. The number of nitro groups is 1. The molecule has 0 spiro atoms. The van der Waals surface area contributed by atoms with E-state index in [1.54, 1.807) is 0 Å². The first-order valence-corrected chi connectivity index (χ1v) is 5.45. The van der Waals surface area contributed by atoms with Crippen molar-refractivity contribution >= 4 is 30.5 Å². The van der Waals surface area contributed by atoms with Crippen molar-refractivity contribution in [1.29, 1.82) is 0 Å². The van der Waals surface area contributed by atoms with Gasteiger partial charge in [0.25, 0.3) is 0 Å². The van der Waals surface area contributed by atoms with Crippen LogP contribution >= 0.6 is 12.4 Å². The van der Waals surface area contributed by atoms with Crippen molar-refractivity contribution in [2.75, 3.05) is 27.2 Å². The summed E-state index contributed by atoms with van der Waals surface area (Å²) in [5.41, 5.74) is 2.21. The van der Waals surface area contributed by atoms with Crippen molar-refractivity contribution in [3.05, 3.63) is 28.0 Å². The van der Waals surface area contributed by atoms with E-state index in [1.807, 2.05) is 19.0 Å². The zero-order chi connectivity index (χ0) is 14.3. The zero-order valence-electron chi connectivity index (χ0n) is 11.0. The average molecular weight is 306 g/mol. The molecule has 2 N–H and O–H groups in total. The first-order valence-electron chi connectivity index (χ1n) is 5.45. The summed E-state index contributed by atoms with van der Waals surface area (Å²) in [6.07, 6.45) is 1.18. The summed E-state index contributed by atoms with van der Waals surface area (Å²) in [6, 6.07) is 2.13. The third kappa shape index (κ3) is 6.71. The molecule has 0 bridgehead atoms. The molecule has 1 aromatic heterocycles. The Balaban J connectivity index is 0.00000361. The van der Waals surface area contributed by atoms with Crippen LogP contribution in [-0.2, 0) is 0 Å². The van der Waals surface area contributed by atoms with Crippen LogP contribution in [0.4, 0.5) is 10.7 Å². The van der Waals surface area contributed by atoms with Gasteiger partial charge in [0.1, 0.15) is 4.92 Å². The number of urea groups is 1. The van der Waals surface area contributed by atoms with Gasteiger partial charge in [-0.3, -0.25) is 10.1 Å². The highest BCUT2D eigenvalue weighted by atomic mass is 35.5. The number of hydrogen-bond acceptors (Lipinski definition) is 6. The highest BCUT2D eigenvalue weighted by Crippen LogP contribution is 2.13. The van der Waals surface area contributed by atoms with Crippen LogP contribution in [0.3, 0.4) is 0 Å². The molecule has 0 unspecified atom stereocenters. The van der Waals surface area contributed by atoms with Crippen molar-refractivity contribution < 1.29 is 14.1 Å². The molecule has 0 saturated heterocycles. The van der Waals surface area contributed by atoms with Gasteiger partial charge in [-0.2, -0.15) is 5.10 Å². The molecule has 0 atom stereocenters. The van der Waals surface area contributed by atoms with Crippen LogP contribution in [0.25, 0.3) is 0 Å². The standard InChI is InChI=1S/C10H15N5O4.ClH/c1-14(2)6-5-11-10(16)13-12-7-8-3-4-9(19-8)15(17)18;/h3-4,7H,5-6H2,1-2H3,(H2,11,13,16);1H/b12-7+;. The lowest BCUT2D eigenvalue weighted by atomic mass is 10.5. The lowest BCUT2D eigenvalue weighted by Crippen LogP contribution is -2.36. The SMILES string of the molecule is CN(C)CCNC(=O)N/N=C/c1ccc([N+](=O)[O-])o1.Cl. The number of carbonyl (C=O) groups is 1. The molecule has 1 aromatic rings. The minimum absolute atomic E-state index is 0. The maximum atomic E-state index is 11.2. The molecule has 2 amide bonds. The minimum atomic E-state index is -0.654. The van der Waals surface area contributed by atoms with Gasteiger partial charge in [-0.1, -0.05) is 0 Å². The van der Waals surface area contributed by atoms with Crippen molar-refractivity contribution in [3.63, 3.8) is 0 Å². The number of nitrogens with one attached hydrogen (secondary N) is 2. The second kappa shape index (κ2) is 8.88. The first kappa shape index (κ1) is 17.9. The topological polar surface area (TPSA) is 113 Å². The molecular formula is C10H16ClN5O4. The second-order valence-electron chi connectivity index (χ2n) is 3.86. The van der Waals surface area contributed by atoms with Crippen LogP contribution in [0.5, 0.6) is 0 Å². The predicted octanol–water partition coefficient (Wildman–Crippen LogP) is 0.804. The van der Waals surface area contributed by atoms with Crippen LogP contribution in [0.1, 0.15) is 5.76 Å². The highest BCUT2D eigenvalue weighted by molar-refractivity contribution is 5.85. The molecule has 0 aliphatic carbocycles. The molecule has 9 nitrogen and oxygen atoms in total. The molecule has 1 rings (SSSR count). The normalized spacial score (nSPS) is 10.3. The Bertz CT molecular complexity index is 474. The van der Waals surface area contributed by atoms with Crippen LogP contribution in [0.2, 0.25) is 0 Å². The fourth-order valence-corrected chi connectivity index (χ4v) is 1.10. The Morgan fingerprint density at radius 2 is 2.25 bits per heavy atom. The number of halogens is 1. The summed E-state index contributed by atoms with van der Waals surface area (Å²) in [6.45, 7) is 1.20. The van der Waals surface area contributed by atoms with E-state index in [0.29, 0.717) is 13.1 Å². The Labute approximate surface area is 121 Å². The van der Waals surface area contributed by atoms with Crippen LogP contribution in [-0.4, -0.2) is 49.3 Å². The quantitative estimate of drug-likeness (QED) is 0.458. The van der Waals surface area contributed by atoms with E-state index in [-0.39, 0.29) is 24.1 Å². The number of likely N-dealkylation sites (N-methyl/N-ethyl adjacent to an activating group) is 1. The van der Waals surface area contributed by atoms with Gasteiger partial charge in [0.05, 0.1) is 12.3 Å². The summed E-state index contributed by atoms with van der Waals surface area (Å²) in [7, 11) is 3.78. The van der Waals surface area contributed by atoms with E-state index < -0.39 is 11.0 Å². The molecule has 0 aliphatic rings. The molecular weight excluding hydrogens is 290 g/mol. The summed E-state index contributed by atoms with van der Waals surface area (Å²) < 4.78 is 4.81. The van der Waals surface area contributed by atoms with E-state index in [2.05, 4.69) is 15.8 Å². The maximum absolute atomic E-state index is 11.2. The summed E-state index contributed by atoms with van der Waals surface area (Å²) in [5, 5.41) is 16.5. The Morgan fingerprint density at radius 3 is 2.80 bits per heavy atom. The van der Waals surface area contributed by atoms with E-state index in [9.17, 15) is 14.9 Å². The average Bonchev–Trinajstić information content (AvgIpc) is 2.77.